The maximum Gasteiger partial charge on any atom is 0.293 e. The Morgan fingerprint density at radius 2 is 1.86 bits per heavy atom. The first kappa shape index (κ1) is 23.8. The van der Waals surface area contributed by atoms with E-state index in [9.17, 15) is 18.8 Å². The molecule has 2 aliphatic heterocycles. The van der Waals surface area contributed by atoms with Crippen LogP contribution in [0.2, 0.25) is 0 Å². The molecule has 9 heteroatoms. The molecule has 2 saturated heterocycles. The number of piperidine rings is 1. The van der Waals surface area contributed by atoms with Crippen molar-refractivity contribution in [3.05, 3.63) is 75.0 Å². The van der Waals surface area contributed by atoms with Gasteiger partial charge in [-0.3, -0.25) is 19.3 Å². The van der Waals surface area contributed by atoms with E-state index in [4.69, 9.17) is 0 Å². The van der Waals surface area contributed by atoms with Gasteiger partial charge in [-0.15, -0.1) is 0 Å². The van der Waals surface area contributed by atoms with Crippen LogP contribution in [0.1, 0.15) is 30.4 Å². The van der Waals surface area contributed by atoms with Crippen LogP contribution in [-0.4, -0.2) is 44.5 Å². The molecule has 5 rings (SSSR count). The molecule has 2 aromatic carbocycles. The SMILES string of the molecule is O=C(Cn1cc(/C=C2\SC(=O)N(Cc3ccccc3F)C2=O)c2cc(Br)ccc21)N1CCCCC1. The minimum absolute atomic E-state index is 0.0706. The van der Waals surface area contributed by atoms with Crippen molar-refractivity contribution < 1.29 is 18.8 Å². The van der Waals surface area contributed by atoms with E-state index in [1.54, 1.807) is 24.3 Å². The molecule has 0 radical (unpaired) electrons. The third-order valence-electron chi connectivity index (χ3n) is 6.33. The highest BCUT2D eigenvalue weighted by Gasteiger charge is 2.35. The fraction of sp³-hybridized carbons (Fsp3) is 0.269. The van der Waals surface area contributed by atoms with Gasteiger partial charge in [0.25, 0.3) is 11.1 Å². The number of amides is 3. The Hall–Kier alpha value is -2.91. The van der Waals surface area contributed by atoms with Gasteiger partial charge in [0.1, 0.15) is 12.4 Å². The van der Waals surface area contributed by atoms with E-state index < -0.39 is 17.0 Å². The molecule has 0 bridgehead atoms. The van der Waals surface area contributed by atoms with Gasteiger partial charge >= 0.3 is 0 Å². The summed E-state index contributed by atoms with van der Waals surface area (Å²) in [4.78, 5) is 41.8. The van der Waals surface area contributed by atoms with Crippen molar-refractivity contribution in [1.29, 1.82) is 0 Å². The van der Waals surface area contributed by atoms with Gasteiger partial charge in [-0.2, -0.15) is 0 Å². The number of benzene rings is 2. The lowest BCUT2D eigenvalue weighted by molar-refractivity contribution is -0.132. The number of fused-ring (bicyclic) bond motifs is 1. The second-order valence-electron chi connectivity index (χ2n) is 8.67. The number of carbonyl (C=O) groups is 3. The Kier molecular flexibility index (Phi) is 6.80. The zero-order valence-electron chi connectivity index (χ0n) is 18.9. The Labute approximate surface area is 214 Å². The van der Waals surface area contributed by atoms with Crippen molar-refractivity contribution in [2.75, 3.05) is 13.1 Å². The number of imide groups is 1. The van der Waals surface area contributed by atoms with Crippen LogP contribution >= 0.6 is 27.7 Å². The van der Waals surface area contributed by atoms with E-state index in [-0.39, 0.29) is 29.5 Å². The predicted octanol–water partition coefficient (Wildman–Crippen LogP) is 5.79. The van der Waals surface area contributed by atoms with Crippen LogP contribution in [0, 0.1) is 5.82 Å². The van der Waals surface area contributed by atoms with Gasteiger partial charge < -0.3 is 9.47 Å². The number of carbonyl (C=O) groups excluding carboxylic acids is 3. The number of thioether (sulfide) groups is 1. The molecule has 0 unspecified atom stereocenters. The zero-order chi connectivity index (χ0) is 24.5. The standard InChI is InChI=1S/C26H23BrFN3O3S/c27-19-8-9-22-20(13-19)18(14-30(22)16-24(32)29-10-4-1-5-11-29)12-23-25(33)31(26(34)35-23)15-17-6-2-3-7-21(17)28/h2-3,6-9,12-14H,1,4-5,10-11,15-16H2/b23-12-. The first-order valence-corrected chi connectivity index (χ1v) is 13.1. The van der Waals surface area contributed by atoms with E-state index in [2.05, 4.69) is 15.9 Å². The minimum atomic E-state index is -0.457. The molecule has 2 fully saturated rings. The van der Waals surface area contributed by atoms with E-state index in [1.807, 2.05) is 33.9 Å². The summed E-state index contributed by atoms with van der Waals surface area (Å²) in [6.45, 7) is 1.66. The molecule has 3 amide bonds. The number of hydrogen-bond donors (Lipinski definition) is 0. The fourth-order valence-electron chi connectivity index (χ4n) is 4.51. The van der Waals surface area contributed by atoms with Crippen LogP contribution in [0.3, 0.4) is 0 Å². The molecule has 0 aliphatic carbocycles. The second-order valence-corrected chi connectivity index (χ2v) is 10.6. The van der Waals surface area contributed by atoms with Crippen LogP contribution in [0.5, 0.6) is 0 Å². The maximum atomic E-state index is 14.1. The van der Waals surface area contributed by atoms with Gasteiger partial charge in [-0.1, -0.05) is 34.1 Å². The lowest BCUT2D eigenvalue weighted by Crippen LogP contribution is -2.37. The summed E-state index contributed by atoms with van der Waals surface area (Å²) < 4.78 is 16.9. The highest BCUT2D eigenvalue weighted by molar-refractivity contribution is 9.10. The second kappa shape index (κ2) is 9.99. The number of rotatable bonds is 5. The molecule has 0 N–H and O–H groups in total. The van der Waals surface area contributed by atoms with Crippen molar-refractivity contribution in [2.45, 2.75) is 32.4 Å². The molecular formula is C26H23BrFN3O3S. The van der Waals surface area contributed by atoms with Gasteiger partial charge in [0.15, 0.2) is 0 Å². The Morgan fingerprint density at radius 1 is 1.09 bits per heavy atom. The van der Waals surface area contributed by atoms with Crippen LogP contribution in [0.15, 0.2) is 58.0 Å². The number of nitrogens with zero attached hydrogens (tertiary/aromatic N) is 3. The number of likely N-dealkylation sites (tertiary alicyclic amines) is 1. The average Bonchev–Trinajstić information content (AvgIpc) is 3.32. The summed E-state index contributed by atoms with van der Waals surface area (Å²) in [6.07, 6.45) is 6.74. The normalized spacial score (nSPS) is 17.7. The minimum Gasteiger partial charge on any atom is -0.341 e. The number of halogens is 2. The van der Waals surface area contributed by atoms with Gasteiger partial charge in [0.2, 0.25) is 5.91 Å². The number of aromatic nitrogens is 1. The van der Waals surface area contributed by atoms with Gasteiger partial charge in [0.05, 0.1) is 11.4 Å². The summed E-state index contributed by atoms with van der Waals surface area (Å²) in [5.74, 6) is -0.841. The largest absolute Gasteiger partial charge is 0.341 e. The molecule has 35 heavy (non-hydrogen) atoms. The fourth-order valence-corrected chi connectivity index (χ4v) is 5.70. The highest BCUT2D eigenvalue weighted by atomic mass is 79.9. The molecule has 3 heterocycles. The molecule has 6 nitrogen and oxygen atoms in total. The summed E-state index contributed by atoms with van der Waals surface area (Å²) in [5, 5.41) is 0.432. The molecule has 1 aromatic heterocycles. The van der Waals surface area contributed by atoms with Crippen LogP contribution in [0.4, 0.5) is 9.18 Å². The number of hydrogen-bond acceptors (Lipinski definition) is 4. The van der Waals surface area contributed by atoms with Crippen molar-refractivity contribution in [3.8, 4) is 0 Å². The van der Waals surface area contributed by atoms with Gasteiger partial charge in [-0.25, -0.2) is 4.39 Å². The lowest BCUT2D eigenvalue weighted by atomic mass is 10.1. The Bertz CT molecular complexity index is 1360. The van der Waals surface area contributed by atoms with Gasteiger partial charge in [-0.05, 0) is 61.4 Å². The maximum absolute atomic E-state index is 14.1. The summed E-state index contributed by atoms with van der Waals surface area (Å²) >= 11 is 4.34. The molecule has 0 atom stereocenters. The molecule has 2 aliphatic rings. The van der Waals surface area contributed by atoms with Crippen LogP contribution in [0.25, 0.3) is 17.0 Å². The van der Waals surface area contributed by atoms with E-state index >= 15 is 0 Å². The van der Waals surface area contributed by atoms with E-state index in [0.717, 1.165) is 70.0 Å². The first-order chi connectivity index (χ1) is 16.9. The quantitative estimate of drug-likeness (QED) is 0.374. The van der Waals surface area contributed by atoms with Crippen molar-refractivity contribution >= 4 is 61.7 Å². The van der Waals surface area contributed by atoms with Crippen molar-refractivity contribution in [3.63, 3.8) is 0 Å². The molecule has 3 aromatic rings. The van der Waals surface area contributed by atoms with E-state index in [0.29, 0.717) is 0 Å². The monoisotopic (exact) mass is 555 g/mol. The predicted molar refractivity (Wildman–Crippen MR) is 138 cm³/mol. The van der Waals surface area contributed by atoms with E-state index in [1.165, 1.54) is 6.07 Å². The highest BCUT2D eigenvalue weighted by Crippen LogP contribution is 2.36. The van der Waals surface area contributed by atoms with Crippen LogP contribution in [-0.2, 0) is 22.7 Å². The summed E-state index contributed by atoms with van der Waals surface area (Å²) in [5.41, 5.74) is 1.90. The molecule has 180 valence electrons. The van der Waals surface area contributed by atoms with Crippen LogP contribution < -0.4 is 0 Å². The first-order valence-electron chi connectivity index (χ1n) is 11.5. The summed E-state index contributed by atoms with van der Waals surface area (Å²) in [7, 11) is 0. The third kappa shape index (κ3) is 4.92. The smallest absolute Gasteiger partial charge is 0.293 e. The topological polar surface area (TPSA) is 62.6 Å². The Morgan fingerprint density at radius 3 is 2.63 bits per heavy atom. The average molecular weight is 556 g/mol. The van der Waals surface area contributed by atoms with Gasteiger partial charge in [0, 0.05) is 45.8 Å². The summed E-state index contributed by atoms with van der Waals surface area (Å²) in [6, 6.07) is 11.9. The molecular weight excluding hydrogens is 533 g/mol. The molecule has 0 spiro atoms. The Balaban J connectivity index is 1.44. The van der Waals surface area contributed by atoms with Crippen molar-refractivity contribution in [2.24, 2.45) is 0 Å². The zero-order valence-corrected chi connectivity index (χ0v) is 21.3. The third-order valence-corrected chi connectivity index (χ3v) is 7.74. The van der Waals surface area contributed by atoms with Crippen molar-refractivity contribution in [1.82, 2.24) is 14.4 Å². The molecule has 0 saturated carbocycles. The lowest BCUT2D eigenvalue weighted by Gasteiger charge is -2.27.